The monoisotopic (exact) mass is 167 g/mol. The summed E-state index contributed by atoms with van der Waals surface area (Å²) in [5.41, 5.74) is 0.869. The van der Waals surface area contributed by atoms with Crippen LogP contribution in [-0.4, -0.2) is 13.7 Å². The zero-order valence-electron chi connectivity index (χ0n) is 8.05. The van der Waals surface area contributed by atoms with Crippen LogP contribution in [0.2, 0.25) is 0 Å². The summed E-state index contributed by atoms with van der Waals surface area (Å²) in [7, 11) is 1.84. The molecule has 0 aromatic carbocycles. The molecule has 68 valence electrons. The van der Waals surface area contributed by atoms with Crippen molar-refractivity contribution in [3.63, 3.8) is 0 Å². The fourth-order valence-corrected chi connectivity index (χ4v) is 0.660. The molecule has 0 bridgehead atoms. The van der Waals surface area contributed by atoms with E-state index in [1.54, 1.807) is 0 Å². The van der Waals surface area contributed by atoms with Gasteiger partial charge in [-0.05, 0) is 32.1 Å². The number of nitrogens with one attached hydrogen (secondary N) is 1. The lowest BCUT2D eigenvalue weighted by Gasteiger charge is -2.02. The molecule has 12 heavy (non-hydrogen) atoms. The molecule has 0 fully saturated rings. The highest BCUT2D eigenvalue weighted by molar-refractivity contribution is 5.21. The summed E-state index contributed by atoms with van der Waals surface area (Å²) < 4.78 is 5.29. The first-order valence-corrected chi connectivity index (χ1v) is 4.08. The first kappa shape index (κ1) is 10.8. The molecule has 2 nitrogen and oxygen atoms in total. The van der Waals surface area contributed by atoms with Crippen molar-refractivity contribution in [2.75, 3.05) is 13.7 Å². The normalized spacial score (nSPS) is 11.8. The van der Waals surface area contributed by atoms with Crippen LogP contribution in [0.15, 0.2) is 36.3 Å². The first-order valence-electron chi connectivity index (χ1n) is 4.08. The standard InChI is InChI=1S/C10H17NO/c1-5-10(12-6-2)8-7-9(3)11-4/h5,7-8,11H,3,6H2,1-2,4H3/b8-7-,10-5+. The molecule has 0 radical (unpaired) electrons. The molecule has 1 N–H and O–H groups in total. The van der Waals surface area contributed by atoms with Gasteiger partial charge in [0.1, 0.15) is 5.76 Å². The van der Waals surface area contributed by atoms with Crippen LogP contribution in [0.4, 0.5) is 0 Å². The Morgan fingerprint density at radius 2 is 2.17 bits per heavy atom. The lowest BCUT2D eigenvalue weighted by atomic mass is 10.3. The second-order valence-electron chi connectivity index (χ2n) is 2.23. The number of ether oxygens (including phenoxy) is 1. The second-order valence-corrected chi connectivity index (χ2v) is 2.23. The lowest BCUT2D eigenvalue weighted by Crippen LogP contribution is -2.00. The molecular formula is C10H17NO. The van der Waals surface area contributed by atoms with Crippen LogP contribution < -0.4 is 5.32 Å². The van der Waals surface area contributed by atoms with Gasteiger partial charge in [0, 0.05) is 12.7 Å². The zero-order valence-corrected chi connectivity index (χ0v) is 8.05. The van der Waals surface area contributed by atoms with Crippen molar-refractivity contribution in [2.45, 2.75) is 13.8 Å². The molecule has 0 spiro atoms. The minimum Gasteiger partial charge on any atom is -0.494 e. The average molecular weight is 167 g/mol. The summed E-state index contributed by atoms with van der Waals surface area (Å²) in [4.78, 5) is 0. The van der Waals surface area contributed by atoms with Gasteiger partial charge in [-0.15, -0.1) is 0 Å². The number of allylic oxidation sites excluding steroid dienone is 3. The Balaban J connectivity index is 4.02. The van der Waals surface area contributed by atoms with Crippen LogP contribution in [0.1, 0.15) is 13.8 Å². The van der Waals surface area contributed by atoms with Crippen LogP contribution in [-0.2, 0) is 4.74 Å². The molecule has 0 atom stereocenters. The molecule has 0 aliphatic carbocycles. The summed E-state index contributed by atoms with van der Waals surface area (Å²) in [6, 6.07) is 0. The van der Waals surface area contributed by atoms with Gasteiger partial charge in [-0.1, -0.05) is 6.58 Å². The van der Waals surface area contributed by atoms with Gasteiger partial charge in [0.2, 0.25) is 0 Å². The fraction of sp³-hybridized carbons (Fsp3) is 0.400. The Bertz CT molecular complexity index is 192. The Kier molecular flexibility index (Phi) is 5.88. The Morgan fingerprint density at radius 3 is 2.58 bits per heavy atom. The highest BCUT2D eigenvalue weighted by Gasteiger charge is 1.87. The highest BCUT2D eigenvalue weighted by Crippen LogP contribution is 2.00. The van der Waals surface area contributed by atoms with E-state index >= 15 is 0 Å². The number of hydrogen-bond acceptors (Lipinski definition) is 2. The number of likely N-dealkylation sites (N-methyl/N-ethyl adjacent to an activating group) is 1. The van der Waals surface area contributed by atoms with E-state index in [9.17, 15) is 0 Å². The van der Waals surface area contributed by atoms with Crippen LogP contribution >= 0.6 is 0 Å². The van der Waals surface area contributed by atoms with Gasteiger partial charge in [0.05, 0.1) is 6.61 Å². The van der Waals surface area contributed by atoms with E-state index in [2.05, 4.69) is 11.9 Å². The topological polar surface area (TPSA) is 21.3 Å². The fourth-order valence-electron chi connectivity index (χ4n) is 0.660. The minimum absolute atomic E-state index is 0.691. The van der Waals surface area contributed by atoms with Crippen LogP contribution in [0.3, 0.4) is 0 Å². The number of hydrogen-bond donors (Lipinski definition) is 1. The summed E-state index contributed by atoms with van der Waals surface area (Å²) in [5, 5.41) is 2.92. The van der Waals surface area contributed by atoms with Crippen LogP contribution in [0.25, 0.3) is 0 Å². The van der Waals surface area contributed by atoms with Crippen molar-refractivity contribution >= 4 is 0 Å². The van der Waals surface area contributed by atoms with E-state index in [1.807, 2.05) is 39.1 Å². The molecule has 0 saturated carbocycles. The van der Waals surface area contributed by atoms with E-state index in [1.165, 1.54) is 0 Å². The maximum atomic E-state index is 5.29. The minimum atomic E-state index is 0.691. The van der Waals surface area contributed by atoms with Crippen molar-refractivity contribution in [1.82, 2.24) is 5.32 Å². The van der Waals surface area contributed by atoms with Crippen molar-refractivity contribution in [3.05, 3.63) is 36.3 Å². The quantitative estimate of drug-likeness (QED) is 0.500. The third-order valence-corrected chi connectivity index (χ3v) is 1.37. The Hall–Kier alpha value is -1.18. The second kappa shape index (κ2) is 6.53. The van der Waals surface area contributed by atoms with E-state index in [-0.39, 0.29) is 0 Å². The van der Waals surface area contributed by atoms with Crippen LogP contribution in [0.5, 0.6) is 0 Å². The van der Waals surface area contributed by atoms with Crippen molar-refractivity contribution < 1.29 is 4.74 Å². The molecule has 0 saturated heterocycles. The summed E-state index contributed by atoms with van der Waals surface area (Å²) in [6.07, 6.45) is 5.69. The lowest BCUT2D eigenvalue weighted by molar-refractivity contribution is 0.242. The smallest absolute Gasteiger partial charge is 0.115 e. The molecule has 0 rings (SSSR count). The van der Waals surface area contributed by atoms with E-state index in [0.717, 1.165) is 11.5 Å². The third-order valence-electron chi connectivity index (χ3n) is 1.37. The highest BCUT2D eigenvalue weighted by atomic mass is 16.5. The molecule has 0 unspecified atom stereocenters. The molecule has 0 amide bonds. The predicted molar refractivity (Wildman–Crippen MR) is 52.7 cm³/mol. The first-order chi connectivity index (χ1) is 5.74. The average Bonchev–Trinajstić information content (AvgIpc) is 2.11. The molecular weight excluding hydrogens is 150 g/mol. The van der Waals surface area contributed by atoms with Gasteiger partial charge in [0.25, 0.3) is 0 Å². The van der Waals surface area contributed by atoms with Crippen molar-refractivity contribution in [1.29, 1.82) is 0 Å². The molecule has 2 heteroatoms. The summed E-state index contributed by atoms with van der Waals surface area (Å²) in [6.45, 7) is 8.35. The molecule has 0 aromatic heterocycles. The van der Waals surface area contributed by atoms with Crippen molar-refractivity contribution in [2.24, 2.45) is 0 Å². The third kappa shape index (κ3) is 4.61. The van der Waals surface area contributed by atoms with Gasteiger partial charge < -0.3 is 10.1 Å². The van der Waals surface area contributed by atoms with Gasteiger partial charge in [0.15, 0.2) is 0 Å². The van der Waals surface area contributed by atoms with E-state index < -0.39 is 0 Å². The molecule has 0 aliphatic heterocycles. The van der Waals surface area contributed by atoms with Gasteiger partial charge in [-0.25, -0.2) is 0 Å². The Labute approximate surface area is 74.6 Å². The van der Waals surface area contributed by atoms with Gasteiger partial charge >= 0.3 is 0 Å². The van der Waals surface area contributed by atoms with Gasteiger partial charge in [-0.3, -0.25) is 0 Å². The maximum absolute atomic E-state index is 5.29. The van der Waals surface area contributed by atoms with Gasteiger partial charge in [-0.2, -0.15) is 0 Å². The van der Waals surface area contributed by atoms with Crippen molar-refractivity contribution in [3.8, 4) is 0 Å². The molecule has 0 heterocycles. The predicted octanol–water partition coefficient (Wildman–Crippen LogP) is 2.22. The van der Waals surface area contributed by atoms with Crippen LogP contribution in [0, 0.1) is 0 Å². The molecule has 0 aliphatic rings. The summed E-state index contributed by atoms with van der Waals surface area (Å²) >= 11 is 0. The largest absolute Gasteiger partial charge is 0.494 e. The summed E-state index contributed by atoms with van der Waals surface area (Å²) in [5.74, 6) is 0.869. The Morgan fingerprint density at radius 1 is 1.50 bits per heavy atom. The SMILES string of the molecule is C=C(/C=C\C(=C/C)OCC)NC. The number of rotatable bonds is 5. The van der Waals surface area contributed by atoms with E-state index in [4.69, 9.17) is 4.74 Å². The molecule has 0 aromatic rings. The maximum Gasteiger partial charge on any atom is 0.115 e. The zero-order chi connectivity index (χ0) is 9.40. The van der Waals surface area contributed by atoms with E-state index in [0.29, 0.717) is 6.61 Å².